The van der Waals surface area contributed by atoms with Crippen molar-refractivity contribution in [2.45, 2.75) is 17.6 Å². The molecule has 0 aliphatic carbocycles. The molecule has 0 fully saturated rings. The Morgan fingerprint density at radius 1 is 0.973 bits per heavy atom. The van der Waals surface area contributed by atoms with Gasteiger partial charge in [-0.3, -0.25) is 14.2 Å². The number of hydrogen-bond donors (Lipinski definition) is 2. The van der Waals surface area contributed by atoms with Gasteiger partial charge in [0.2, 0.25) is 5.91 Å². The molecule has 10 heteroatoms. The second-order valence-electron chi connectivity index (χ2n) is 8.63. The third kappa shape index (κ3) is 4.71. The molecule has 3 aromatic carbocycles. The van der Waals surface area contributed by atoms with Gasteiger partial charge in [0.1, 0.15) is 5.39 Å². The number of nitrogens with one attached hydrogen (secondary N) is 2. The van der Waals surface area contributed by atoms with Crippen molar-refractivity contribution in [3.63, 3.8) is 0 Å². The lowest BCUT2D eigenvalue weighted by Gasteiger charge is -2.14. The van der Waals surface area contributed by atoms with Crippen LogP contribution in [0.4, 0.5) is 17.1 Å². The molecule has 0 radical (unpaired) electrons. The van der Waals surface area contributed by atoms with Crippen LogP contribution in [0.5, 0.6) is 0 Å². The molecular formula is C27H21ClN6O2S. The molecule has 1 aliphatic heterocycles. The third-order valence-corrected chi connectivity index (χ3v) is 7.44. The van der Waals surface area contributed by atoms with E-state index in [1.807, 2.05) is 66.7 Å². The zero-order valence-corrected chi connectivity index (χ0v) is 21.0. The number of thioether (sulfide) groups is 1. The van der Waals surface area contributed by atoms with E-state index < -0.39 is 0 Å². The number of para-hydroxylation sites is 1. The van der Waals surface area contributed by atoms with Crippen molar-refractivity contribution in [2.24, 2.45) is 0 Å². The second-order valence-corrected chi connectivity index (χ2v) is 10.0. The number of carbonyl (C=O) groups is 1. The van der Waals surface area contributed by atoms with Crippen molar-refractivity contribution < 1.29 is 4.79 Å². The lowest BCUT2D eigenvalue weighted by atomic mass is 10.2. The van der Waals surface area contributed by atoms with Gasteiger partial charge in [0.15, 0.2) is 10.8 Å². The third-order valence-electron chi connectivity index (χ3n) is 6.09. The van der Waals surface area contributed by atoms with Crippen molar-refractivity contribution in [3.8, 4) is 5.69 Å². The number of benzene rings is 3. The highest BCUT2D eigenvalue weighted by Crippen LogP contribution is 2.33. The molecule has 0 spiro atoms. The predicted octanol–water partition coefficient (Wildman–Crippen LogP) is 5.65. The van der Waals surface area contributed by atoms with Crippen LogP contribution in [-0.2, 0) is 4.79 Å². The monoisotopic (exact) mass is 528 g/mol. The average Bonchev–Trinajstić information content (AvgIpc) is 3.51. The van der Waals surface area contributed by atoms with Gasteiger partial charge in [0.25, 0.3) is 5.56 Å². The van der Waals surface area contributed by atoms with Gasteiger partial charge < -0.3 is 10.6 Å². The number of rotatable bonds is 6. The summed E-state index contributed by atoms with van der Waals surface area (Å²) in [4.78, 5) is 30.9. The van der Waals surface area contributed by atoms with Crippen LogP contribution >= 0.6 is 23.4 Å². The average molecular weight is 529 g/mol. The zero-order chi connectivity index (χ0) is 25.4. The molecule has 37 heavy (non-hydrogen) atoms. The molecular weight excluding hydrogens is 508 g/mol. The zero-order valence-electron chi connectivity index (χ0n) is 19.5. The Bertz CT molecular complexity index is 1650. The fourth-order valence-electron chi connectivity index (χ4n) is 4.30. The molecule has 2 N–H and O–H groups in total. The van der Waals surface area contributed by atoms with Gasteiger partial charge in [-0.15, -0.1) is 0 Å². The van der Waals surface area contributed by atoms with Crippen LogP contribution in [0.25, 0.3) is 16.7 Å². The highest BCUT2D eigenvalue weighted by atomic mass is 35.5. The normalized spacial score (nSPS) is 14.5. The second kappa shape index (κ2) is 9.76. The summed E-state index contributed by atoms with van der Waals surface area (Å²) in [5.74, 6) is 0.433. The minimum atomic E-state index is -0.290. The van der Waals surface area contributed by atoms with Crippen molar-refractivity contribution in [3.05, 3.63) is 100 Å². The van der Waals surface area contributed by atoms with E-state index >= 15 is 0 Å². The number of carbonyl (C=O) groups excluding carboxylic acids is 1. The van der Waals surface area contributed by atoms with Crippen LogP contribution in [0.3, 0.4) is 0 Å². The topological polar surface area (TPSA) is 93.8 Å². The van der Waals surface area contributed by atoms with Crippen molar-refractivity contribution in [1.29, 1.82) is 0 Å². The molecule has 3 heterocycles. The maximum Gasteiger partial charge on any atom is 0.265 e. The van der Waals surface area contributed by atoms with Gasteiger partial charge >= 0.3 is 0 Å². The van der Waals surface area contributed by atoms with Gasteiger partial charge in [0.05, 0.1) is 17.9 Å². The quantitative estimate of drug-likeness (QED) is 0.276. The number of fused-ring (bicyclic) bond motifs is 2. The number of halogens is 1. The summed E-state index contributed by atoms with van der Waals surface area (Å²) in [5.41, 5.74) is 3.66. The fraction of sp³-hybridized carbons (Fsp3) is 0.111. The minimum Gasteiger partial charge on any atom is -0.356 e. The standard InChI is InChI=1S/C27H21ClN6O2S/c28-17-6-12-21(13-7-17)34-25-23(15-29-34)26(36)33-22(16-37-27(33)32-25)14-24(35)31-20-10-8-19(9-11-20)30-18-4-2-1-3-5-18/h1-13,15,22,30H,14,16H2,(H,31,35). The summed E-state index contributed by atoms with van der Waals surface area (Å²) in [7, 11) is 0. The highest BCUT2D eigenvalue weighted by molar-refractivity contribution is 7.99. The number of anilines is 3. The fourth-order valence-corrected chi connectivity index (χ4v) is 5.56. The van der Waals surface area contributed by atoms with E-state index in [1.165, 1.54) is 18.0 Å². The Balaban J connectivity index is 1.17. The first-order valence-electron chi connectivity index (χ1n) is 11.7. The van der Waals surface area contributed by atoms with E-state index in [1.54, 1.807) is 21.4 Å². The Morgan fingerprint density at radius 2 is 1.68 bits per heavy atom. The molecule has 5 aromatic rings. The minimum absolute atomic E-state index is 0.161. The van der Waals surface area contributed by atoms with E-state index in [0.717, 1.165) is 17.1 Å². The molecule has 2 aromatic heterocycles. The summed E-state index contributed by atoms with van der Waals surface area (Å²) in [6.45, 7) is 0. The van der Waals surface area contributed by atoms with E-state index in [-0.39, 0.29) is 23.9 Å². The molecule has 184 valence electrons. The van der Waals surface area contributed by atoms with Gasteiger partial charge in [-0.1, -0.05) is 41.6 Å². The number of nitrogens with zero attached hydrogens (tertiary/aromatic N) is 4. The van der Waals surface area contributed by atoms with Gasteiger partial charge in [-0.2, -0.15) is 5.10 Å². The SMILES string of the molecule is O=C(CC1CSc2nc3c(cnn3-c3ccc(Cl)cc3)c(=O)n21)Nc1ccc(Nc2ccccc2)cc1. The van der Waals surface area contributed by atoms with Gasteiger partial charge in [-0.25, -0.2) is 9.67 Å². The molecule has 1 atom stereocenters. The Kier molecular flexibility index (Phi) is 6.15. The van der Waals surface area contributed by atoms with E-state index in [2.05, 4.69) is 15.7 Å². The summed E-state index contributed by atoms with van der Waals surface area (Å²) < 4.78 is 3.25. The van der Waals surface area contributed by atoms with Crippen LogP contribution < -0.4 is 16.2 Å². The van der Waals surface area contributed by atoms with Gasteiger partial charge in [-0.05, 0) is 60.7 Å². The first-order valence-corrected chi connectivity index (χ1v) is 13.0. The van der Waals surface area contributed by atoms with E-state index in [9.17, 15) is 9.59 Å². The molecule has 1 unspecified atom stereocenters. The Morgan fingerprint density at radius 3 is 2.43 bits per heavy atom. The van der Waals surface area contributed by atoms with Crippen LogP contribution in [0.15, 0.2) is 95.0 Å². The molecule has 0 saturated heterocycles. The Labute approximate surface area is 221 Å². The molecule has 8 nitrogen and oxygen atoms in total. The first-order chi connectivity index (χ1) is 18.0. The smallest absolute Gasteiger partial charge is 0.265 e. The molecule has 1 aliphatic rings. The maximum absolute atomic E-state index is 13.4. The van der Waals surface area contributed by atoms with Crippen molar-refractivity contribution in [1.82, 2.24) is 19.3 Å². The van der Waals surface area contributed by atoms with E-state index in [4.69, 9.17) is 16.6 Å². The lowest BCUT2D eigenvalue weighted by Crippen LogP contribution is -2.27. The van der Waals surface area contributed by atoms with Crippen LogP contribution in [0.1, 0.15) is 12.5 Å². The largest absolute Gasteiger partial charge is 0.356 e. The van der Waals surface area contributed by atoms with Crippen molar-refractivity contribution >= 4 is 57.4 Å². The maximum atomic E-state index is 13.4. The van der Waals surface area contributed by atoms with Crippen LogP contribution in [-0.4, -0.2) is 31.0 Å². The summed E-state index contributed by atoms with van der Waals surface area (Å²) >= 11 is 7.47. The number of aromatic nitrogens is 4. The van der Waals surface area contributed by atoms with Crippen molar-refractivity contribution in [2.75, 3.05) is 16.4 Å². The molecule has 6 rings (SSSR count). The number of amides is 1. The molecule has 0 saturated carbocycles. The molecule has 1 amide bonds. The molecule has 0 bridgehead atoms. The lowest BCUT2D eigenvalue weighted by molar-refractivity contribution is -0.116. The van der Waals surface area contributed by atoms with Crippen LogP contribution in [0, 0.1) is 0 Å². The Hall–Kier alpha value is -4.08. The summed E-state index contributed by atoms with van der Waals surface area (Å²) in [6, 6.07) is 24.3. The summed E-state index contributed by atoms with van der Waals surface area (Å²) in [6.07, 6.45) is 1.69. The van der Waals surface area contributed by atoms with Crippen LogP contribution in [0.2, 0.25) is 5.02 Å². The first kappa shape index (κ1) is 23.3. The van der Waals surface area contributed by atoms with Gasteiger partial charge in [0, 0.05) is 34.3 Å². The number of hydrogen-bond acceptors (Lipinski definition) is 6. The predicted molar refractivity (Wildman–Crippen MR) is 147 cm³/mol. The summed E-state index contributed by atoms with van der Waals surface area (Å²) in [5, 5.41) is 12.2. The highest BCUT2D eigenvalue weighted by Gasteiger charge is 2.29. The van der Waals surface area contributed by atoms with E-state index in [0.29, 0.717) is 32.7 Å².